The second kappa shape index (κ2) is 5.01. The largest absolute Gasteiger partial charge is 0.342 e. The summed E-state index contributed by atoms with van der Waals surface area (Å²) in [6, 6.07) is 1.88. The molecule has 4 heterocycles. The molecule has 24 heavy (non-hydrogen) atoms. The van der Waals surface area contributed by atoms with Crippen molar-refractivity contribution in [1.82, 2.24) is 25.3 Å². The van der Waals surface area contributed by atoms with Crippen LogP contribution in [0.25, 0.3) is 11.2 Å². The molecule has 2 aliphatic rings. The molecule has 122 valence electrons. The minimum absolute atomic E-state index is 0.0128. The number of nitrogens with one attached hydrogen (secondary N) is 3. The van der Waals surface area contributed by atoms with Crippen LogP contribution in [0.3, 0.4) is 0 Å². The number of nitrogens with zero attached hydrogens (tertiary/aromatic N) is 3. The Balaban J connectivity index is 1.53. The number of hydrogen-bond donors (Lipinski definition) is 3. The van der Waals surface area contributed by atoms with Crippen LogP contribution in [0.1, 0.15) is 47.5 Å². The average Bonchev–Trinajstić information content (AvgIpc) is 3.27. The van der Waals surface area contributed by atoms with Crippen molar-refractivity contribution < 1.29 is 4.79 Å². The average molecular weight is 340 g/mol. The topological polar surface area (TPSA) is 95.6 Å². The van der Waals surface area contributed by atoms with Crippen molar-refractivity contribution in [3.8, 4) is 0 Å². The van der Waals surface area contributed by atoms with Crippen molar-refractivity contribution in [2.45, 2.75) is 37.6 Å². The highest BCUT2D eigenvalue weighted by Gasteiger charge is 2.46. The molecule has 1 aliphatic heterocycles. The molecule has 0 bridgehead atoms. The predicted octanol–water partition coefficient (Wildman–Crippen LogP) is 3.06. The molecule has 1 amide bonds. The molecule has 7 nitrogen and oxygen atoms in total. The Hall–Kier alpha value is -2.48. The van der Waals surface area contributed by atoms with Gasteiger partial charge in [0.2, 0.25) is 0 Å². The molecule has 5 rings (SSSR count). The van der Waals surface area contributed by atoms with Gasteiger partial charge in [-0.3, -0.25) is 4.79 Å². The van der Waals surface area contributed by atoms with Crippen LogP contribution in [0.4, 0.5) is 10.8 Å². The zero-order chi connectivity index (χ0) is 16.1. The van der Waals surface area contributed by atoms with Crippen LogP contribution in [0.5, 0.6) is 0 Å². The second-order valence-corrected chi connectivity index (χ2v) is 7.38. The number of rotatable bonds is 2. The number of thiazole rings is 1. The summed E-state index contributed by atoms with van der Waals surface area (Å²) < 4.78 is 0. The molecule has 8 heteroatoms. The van der Waals surface area contributed by atoms with Crippen molar-refractivity contribution in [3.63, 3.8) is 0 Å². The fraction of sp³-hybridized carbons (Fsp3) is 0.375. The van der Waals surface area contributed by atoms with Gasteiger partial charge in [0.05, 0.1) is 23.2 Å². The normalized spacial score (nSPS) is 18.8. The van der Waals surface area contributed by atoms with Crippen molar-refractivity contribution in [2.75, 3.05) is 5.32 Å². The lowest BCUT2D eigenvalue weighted by Crippen LogP contribution is -2.41. The third-order valence-corrected chi connectivity index (χ3v) is 5.88. The number of imidazole rings is 1. The molecule has 3 N–H and O–H groups in total. The molecule has 0 atom stereocenters. The fourth-order valence-corrected chi connectivity index (χ4v) is 4.74. The number of carbonyl (C=O) groups excluding carboxylic acids is 1. The van der Waals surface area contributed by atoms with E-state index in [1.165, 1.54) is 17.8 Å². The number of aromatic amines is 1. The lowest BCUT2D eigenvalue weighted by atomic mass is 9.81. The molecule has 0 aromatic carbocycles. The van der Waals surface area contributed by atoms with Gasteiger partial charge in [-0.15, -0.1) is 0 Å². The molecule has 1 fully saturated rings. The van der Waals surface area contributed by atoms with Crippen molar-refractivity contribution >= 4 is 39.2 Å². The smallest absolute Gasteiger partial charge is 0.264 e. The number of carbonyl (C=O) groups is 1. The number of anilines is 2. The molecule has 1 saturated carbocycles. The molecule has 1 aliphatic carbocycles. The highest BCUT2D eigenvalue weighted by atomic mass is 32.1. The van der Waals surface area contributed by atoms with Crippen LogP contribution in [-0.4, -0.2) is 25.8 Å². The Morgan fingerprint density at radius 3 is 2.96 bits per heavy atom. The Morgan fingerprint density at radius 1 is 1.21 bits per heavy atom. The number of amides is 1. The maximum absolute atomic E-state index is 12.4. The van der Waals surface area contributed by atoms with E-state index < -0.39 is 0 Å². The first-order valence-electron chi connectivity index (χ1n) is 8.14. The van der Waals surface area contributed by atoms with E-state index in [0.29, 0.717) is 5.65 Å². The molecule has 0 radical (unpaired) electrons. The first-order valence-corrected chi connectivity index (χ1v) is 8.96. The van der Waals surface area contributed by atoms with Gasteiger partial charge < -0.3 is 15.6 Å². The van der Waals surface area contributed by atoms with Crippen molar-refractivity contribution in [1.29, 1.82) is 0 Å². The zero-order valence-electron chi connectivity index (χ0n) is 12.9. The fourth-order valence-electron chi connectivity index (χ4n) is 3.77. The maximum atomic E-state index is 12.4. The molecular weight excluding hydrogens is 324 g/mol. The molecule has 3 aromatic rings. The van der Waals surface area contributed by atoms with E-state index >= 15 is 0 Å². The summed E-state index contributed by atoms with van der Waals surface area (Å²) in [7, 11) is 0. The number of hydrogen-bond acceptors (Lipinski definition) is 6. The van der Waals surface area contributed by atoms with Gasteiger partial charge in [0.25, 0.3) is 5.91 Å². The molecule has 0 saturated heterocycles. The quantitative estimate of drug-likeness (QED) is 0.666. The van der Waals surface area contributed by atoms with Gasteiger partial charge in [0.1, 0.15) is 10.4 Å². The van der Waals surface area contributed by atoms with Crippen molar-refractivity contribution in [2.24, 2.45) is 0 Å². The van der Waals surface area contributed by atoms with Gasteiger partial charge in [-0.05, 0) is 18.9 Å². The van der Waals surface area contributed by atoms with Crippen LogP contribution in [-0.2, 0) is 5.54 Å². The maximum Gasteiger partial charge on any atom is 0.264 e. The van der Waals surface area contributed by atoms with Crippen LogP contribution < -0.4 is 10.6 Å². The number of fused-ring (bicyclic) bond motifs is 3. The summed E-state index contributed by atoms with van der Waals surface area (Å²) >= 11 is 1.41. The first kappa shape index (κ1) is 13.9. The van der Waals surface area contributed by atoms with Crippen LogP contribution in [0.15, 0.2) is 18.6 Å². The number of H-pyrrole nitrogens is 1. The highest BCUT2D eigenvalue weighted by Crippen LogP contribution is 2.45. The Bertz CT molecular complexity index is 939. The molecule has 3 aromatic heterocycles. The lowest BCUT2D eigenvalue weighted by Gasteiger charge is -2.32. The minimum Gasteiger partial charge on any atom is -0.342 e. The summed E-state index contributed by atoms with van der Waals surface area (Å²) in [5.74, 6) is 0.0128. The van der Waals surface area contributed by atoms with Gasteiger partial charge in [-0.2, -0.15) is 0 Å². The molecular formula is C16H16N6OS. The van der Waals surface area contributed by atoms with Crippen LogP contribution in [0.2, 0.25) is 0 Å². The van der Waals surface area contributed by atoms with E-state index in [2.05, 4.69) is 25.6 Å². The summed E-state index contributed by atoms with van der Waals surface area (Å²) in [5, 5.41) is 7.25. The van der Waals surface area contributed by atoms with Crippen LogP contribution >= 0.6 is 11.3 Å². The summed E-state index contributed by atoms with van der Waals surface area (Å²) in [5.41, 5.74) is 3.04. The monoisotopic (exact) mass is 340 g/mol. The lowest BCUT2D eigenvalue weighted by molar-refractivity contribution is 0.0910. The SMILES string of the molecule is O=C1NC2(CCCCC2)c2nc(Nc3ccnc4nc[nH]c34)sc21. The summed E-state index contributed by atoms with van der Waals surface area (Å²) in [6.45, 7) is 0. The van der Waals surface area contributed by atoms with Gasteiger partial charge in [0, 0.05) is 6.20 Å². The number of aromatic nitrogens is 4. The highest BCUT2D eigenvalue weighted by molar-refractivity contribution is 7.17. The van der Waals surface area contributed by atoms with E-state index in [1.807, 2.05) is 6.07 Å². The van der Waals surface area contributed by atoms with E-state index in [1.54, 1.807) is 12.5 Å². The molecule has 1 spiro atoms. The van der Waals surface area contributed by atoms with E-state index in [9.17, 15) is 4.79 Å². The van der Waals surface area contributed by atoms with Crippen LogP contribution in [0, 0.1) is 0 Å². The summed E-state index contributed by atoms with van der Waals surface area (Å²) in [6.07, 6.45) is 8.80. The van der Waals surface area contributed by atoms with E-state index in [4.69, 9.17) is 4.98 Å². The Labute approximate surface area is 141 Å². The van der Waals surface area contributed by atoms with E-state index in [-0.39, 0.29) is 11.4 Å². The third-order valence-electron chi connectivity index (χ3n) is 4.91. The van der Waals surface area contributed by atoms with Gasteiger partial charge in [0.15, 0.2) is 10.8 Å². The number of pyridine rings is 1. The van der Waals surface area contributed by atoms with Gasteiger partial charge >= 0.3 is 0 Å². The molecule has 0 unspecified atom stereocenters. The standard InChI is InChI=1S/C16H16N6OS/c23-14-11-12(16(22-14)5-2-1-3-6-16)21-15(24-11)20-9-4-7-17-13-10(9)18-8-19-13/h4,7-8H,1-3,5-6H2,(H,22,23)(H2,17,18,19,20,21). The van der Waals surface area contributed by atoms with E-state index in [0.717, 1.165) is 52.6 Å². The first-order chi connectivity index (χ1) is 11.8. The minimum atomic E-state index is -0.247. The Kier molecular flexibility index (Phi) is 2.90. The predicted molar refractivity (Wildman–Crippen MR) is 91.5 cm³/mol. The van der Waals surface area contributed by atoms with Crippen molar-refractivity contribution in [3.05, 3.63) is 29.2 Å². The van der Waals surface area contributed by atoms with Gasteiger partial charge in [-0.25, -0.2) is 15.0 Å². The Morgan fingerprint density at radius 2 is 2.08 bits per heavy atom. The second-order valence-electron chi connectivity index (χ2n) is 6.38. The van der Waals surface area contributed by atoms with Gasteiger partial charge in [-0.1, -0.05) is 30.6 Å². The summed E-state index contributed by atoms with van der Waals surface area (Å²) in [4.78, 5) is 29.4. The third kappa shape index (κ3) is 1.96. The zero-order valence-corrected chi connectivity index (χ0v) is 13.7.